The molecule has 0 aliphatic carbocycles. The molecule has 0 bridgehead atoms. The van der Waals surface area contributed by atoms with Crippen LogP contribution in [0.25, 0.3) is 0 Å². The van der Waals surface area contributed by atoms with Crippen LogP contribution in [0.1, 0.15) is 282 Å². The molecule has 2 atom stereocenters. The molecular weight excluding hydrogens is 688 g/mol. The largest absolute Gasteiger partial charge is 0.133 e. The molecule has 0 fully saturated rings. The van der Waals surface area contributed by atoms with Crippen molar-refractivity contribution in [2.45, 2.75) is 277 Å². The van der Waals surface area contributed by atoms with E-state index in [-0.39, 0.29) is 0 Å². The number of thiophene rings is 1. The van der Waals surface area contributed by atoms with Crippen LogP contribution in [0.4, 0.5) is 0 Å². The van der Waals surface area contributed by atoms with Crippen molar-refractivity contribution >= 4 is 27.3 Å². The second-order valence-corrected chi connectivity index (χ2v) is 19.1. The summed E-state index contributed by atoms with van der Waals surface area (Å²) in [5, 5.41) is 0. The van der Waals surface area contributed by atoms with Crippen molar-refractivity contribution in [3.63, 3.8) is 0 Å². The van der Waals surface area contributed by atoms with Gasteiger partial charge in [0.05, 0.1) is 3.79 Å². The Morgan fingerprint density at radius 3 is 0.940 bits per heavy atom. The fraction of sp³-hybridized carbons (Fsp3) is 0.917. The summed E-state index contributed by atoms with van der Waals surface area (Å²) in [4.78, 5) is 1.67. The molecule has 0 aliphatic heterocycles. The van der Waals surface area contributed by atoms with E-state index in [1.54, 1.807) is 4.88 Å². The number of rotatable bonds is 41. The van der Waals surface area contributed by atoms with E-state index in [0.29, 0.717) is 0 Å². The van der Waals surface area contributed by atoms with Crippen LogP contribution in [0.15, 0.2) is 15.9 Å². The van der Waals surface area contributed by atoms with Gasteiger partial charge in [0.2, 0.25) is 0 Å². The van der Waals surface area contributed by atoms with Crippen LogP contribution in [0.2, 0.25) is 0 Å². The van der Waals surface area contributed by atoms with Crippen LogP contribution in [0.3, 0.4) is 0 Å². The van der Waals surface area contributed by atoms with Gasteiger partial charge in [0, 0.05) is 4.88 Å². The highest BCUT2D eigenvalue weighted by Crippen LogP contribution is 2.38. The molecule has 50 heavy (non-hydrogen) atoms. The highest BCUT2D eigenvalue weighted by molar-refractivity contribution is 9.11. The second-order valence-electron chi connectivity index (χ2n) is 16.6. The number of hydrogen-bond donors (Lipinski definition) is 0. The van der Waals surface area contributed by atoms with Gasteiger partial charge in [-0.05, 0) is 52.7 Å². The van der Waals surface area contributed by atoms with Crippen molar-refractivity contribution in [1.29, 1.82) is 0 Å². The lowest BCUT2D eigenvalue weighted by Gasteiger charge is -2.24. The predicted octanol–water partition coefficient (Wildman–Crippen LogP) is 19.5. The maximum absolute atomic E-state index is 3.81. The minimum absolute atomic E-state index is 0.782. The SMILES string of the molecule is CCCCCCCCCCCCCCCC(CC(CCCCCCCCCCCC)CCCCCCCCCCCCCC)c1ccc(Br)s1. The average Bonchev–Trinajstić information content (AvgIpc) is 3.56. The van der Waals surface area contributed by atoms with E-state index in [9.17, 15) is 0 Å². The zero-order chi connectivity index (χ0) is 36.0. The zero-order valence-electron chi connectivity index (χ0n) is 34.7. The van der Waals surface area contributed by atoms with Crippen LogP contribution in [-0.2, 0) is 0 Å². The maximum atomic E-state index is 3.81. The molecular formula is C48H91BrS. The minimum atomic E-state index is 0.782. The molecule has 2 unspecified atom stereocenters. The molecule has 1 aromatic rings. The highest BCUT2D eigenvalue weighted by atomic mass is 79.9. The molecule has 2 heteroatoms. The van der Waals surface area contributed by atoms with Gasteiger partial charge >= 0.3 is 0 Å². The molecule has 0 N–H and O–H groups in total. The van der Waals surface area contributed by atoms with Crippen molar-refractivity contribution in [3.8, 4) is 0 Å². The van der Waals surface area contributed by atoms with Gasteiger partial charge in [0.25, 0.3) is 0 Å². The average molecular weight is 780 g/mol. The molecule has 0 radical (unpaired) electrons. The third-order valence-electron chi connectivity index (χ3n) is 11.7. The summed E-state index contributed by atoms with van der Waals surface area (Å²) < 4.78 is 1.33. The van der Waals surface area contributed by atoms with Crippen LogP contribution in [0, 0.1) is 5.92 Å². The van der Waals surface area contributed by atoms with E-state index in [1.807, 2.05) is 11.3 Å². The Hall–Kier alpha value is 0.180. The topological polar surface area (TPSA) is 0 Å². The Labute approximate surface area is 329 Å². The molecule has 296 valence electrons. The van der Waals surface area contributed by atoms with Crippen molar-refractivity contribution < 1.29 is 0 Å². The smallest absolute Gasteiger partial charge is 0.0701 e. The zero-order valence-corrected chi connectivity index (χ0v) is 37.1. The summed E-state index contributed by atoms with van der Waals surface area (Å²) in [6.07, 6.45) is 56.8. The van der Waals surface area contributed by atoms with E-state index in [2.05, 4.69) is 48.8 Å². The Morgan fingerprint density at radius 1 is 0.380 bits per heavy atom. The first-order valence-corrected chi connectivity index (χ1v) is 25.1. The maximum Gasteiger partial charge on any atom is 0.0701 e. The van der Waals surface area contributed by atoms with E-state index >= 15 is 0 Å². The first-order chi connectivity index (χ1) is 24.7. The normalized spacial score (nSPS) is 13.0. The van der Waals surface area contributed by atoms with Gasteiger partial charge in [-0.15, -0.1) is 11.3 Å². The molecule has 0 saturated carbocycles. The molecule has 1 rings (SSSR count). The predicted molar refractivity (Wildman–Crippen MR) is 235 cm³/mol. The van der Waals surface area contributed by atoms with Crippen molar-refractivity contribution in [2.24, 2.45) is 5.92 Å². The Balaban J connectivity index is 2.43. The summed E-state index contributed by atoms with van der Waals surface area (Å²) in [6.45, 7) is 6.97. The van der Waals surface area contributed by atoms with Crippen LogP contribution in [0.5, 0.6) is 0 Å². The Kier molecular flexibility index (Phi) is 37.5. The molecule has 0 saturated heterocycles. The Morgan fingerprint density at radius 2 is 0.660 bits per heavy atom. The molecule has 1 aromatic heterocycles. The van der Waals surface area contributed by atoms with Crippen molar-refractivity contribution in [2.75, 3.05) is 0 Å². The lowest BCUT2D eigenvalue weighted by Crippen LogP contribution is -2.08. The quantitative estimate of drug-likeness (QED) is 0.0581. The minimum Gasteiger partial charge on any atom is -0.133 e. The van der Waals surface area contributed by atoms with Crippen molar-refractivity contribution in [1.82, 2.24) is 0 Å². The number of unbranched alkanes of at least 4 members (excludes halogenated alkanes) is 32. The molecule has 0 aliphatic rings. The fourth-order valence-corrected chi connectivity index (χ4v) is 9.88. The summed E-state index contributed by atoms with van der Waals surface area (Å²) in [5.74, 6) is 1.71. The third-order valence-corrected chi connectivity index (χ3v) is 13.5. The van der Waals surface area contributed by atoms with Crippen LogP contribution < -0.4 is 0 Å². The lowest BCUT2D eigenvalue weighted by molar-refractivity contribution is 0.343. The van der Waals surface area contributed by atoms with Gasteiger partial charge in [-0.1, -0.05) is 258 Å². The van der Waals surface area contributed by atoms with Gasteiger partial charge in [-0.25, -0.2) is 0 Å². The first-order valence-electron chi connectivity index (χ1n) is 23.5. The molecule has 0 spiro atoms. The monoisotopic (exact) mass is 779 g/mol. The fourth-order valence-electron chi connectivity index (χ4n) is 8.31. The van der Waals surface area contributed by atoms with Gasteiger partial charge in [0.15, 0.2) is 0 Å². The van der Waals surface area contributed by atoms with Crippen LogP contribution >= 0.6 is 27.3 Å². The number of hydrogen-bond acceptors (Lipinski definition) is 1. The summed E-state index contributed by atoms with van der Waals surface area (Å²) in [7, 11) is 0. The van der Waals surface area contributed by atoms with Crippen LogP contribution in [-0.4, -0.2) is 0 Å². The van der Waals surface area contributed by atoms with Gasteiger partial charge < -0.3 is 0 Å². The highest BCUT2D eigenvalue weighted by Gasteiger charge is 2.20. The standard InChI is InChI=1S/C48H91BrS/c1-4-7-10-13-16-19-22-24-26-29-32-35-38-41-46(47-42-43-48(49)50-47)44-45(39-36-33-30-27-21-18-15-12-9-6-3)40-37-34-31-28-25-23-20-17-14-11-8-5-2/h42-43,45-46H,4-41,44H2,1-3H3. The van der Waals surface area contributed by atoms with E-state index in [0.717, 1.165) is 11.8 Å². The molecule has 1 heterocycles. The summed E-state index contributed by atoms with van der Waals surface area (Å²) >= 11 is 5.84. The summed E-state index contributed by atoms with van der Waals surface area (Å²) in [5.41, 5.74) is 0. The van der Waals surface area contributed by atoms with Crippen molar-refractivity contribution in [3.05, 3.63) is 20.8 Å². The third kappa shape index (κ3) is 31.7. The Bertz CT molecular complexity index is 770. The second kappa shape index (κ2) is 38.9. The molecule has 0 nitrogen and oxygen atoms in total. The first kappa shape index (κ1) is 48.2. The summed E-state index contributed by atoms with van der Waals surface area (Å²) in [6, 6.07) is 4.78. The van der Waals surface area contributed by atoms with Gasteiger partial charge in [-0.2, -0.15) is 0 Å². The van der Waals surface area contributed by atoms with E-state index < -0.39 is 0 Å². The van der Waals surface area contributed by atoms with Gasteiger partial charge in [-0.3, -0.25) is 0 Å². The molecule has 0 amide bonds. The lowest BCUT2D eigenvalue weighted by atomic mass is 9.83. The molecule has 0 aromatic carbocycles. The van der Waals surface area contributed by atoms with E-state index in [1.165, 1.54) is 254 Å². The van der Waals surface area contributed by atoms with Gasteiger partial charge in [0.1, 0.15) is 0 Å². The number of halogens is 1. The van der Waals surface area contributed by atoms with E-state index in [4.69, 9.17) is 0 Å².